The Bertz CT molecular complexity index is 1620. The molecule has 0 aromatic heterocycles. The lowest BCUT2D eigenvalue weighted by molar-refractivity contribution is -0.385. The number of nitrogens with zero attached hydrogens (tertiary/aromatic N) is 3. The molecule has 2 amide bonds. The van der Waals surface area contributed by atoms with Crippen molar-refractivity contribution in [3.63, 3.8) is 0 Å². The Morgan fingerprint density at radius 1 is 0.978 bits per heavy atom. The molecule has 1 N–H and O–H groups in total. The zero-order valence-corrected chi connectivity index (χ0v) is 26.6. The second-order valence-corrected chi connectivity index (χ2v) is 12.8. The molecule has 240 valence electrons. The van der Waals surface area contributed by atoms with Crippen molar-refractivity contribution in [1.82, 2.24) is 10.2 Å². The van der Waals surface area contributed by atoms with Crippen LogP contribution in [0.5, 0.6) is 11.5 Å². The highest BCUT2D eigenvalue weighted by atomic mass is 32.2. The summed E-state index contributed by atoms with van der Waals surface area (Å²) in [6, 6.07) is 15.8. The number of nitro benzene ring substituents is 1. The average molecular weight is 639 g/mol. The minimum atomic E-state index is -4.50. The molecule has 12 nitrogen and oxygen atoms in total. The van der Waals surface area contributed by atoms with Gasteiger partial charge in [0, 0.05) is 24.2 Å². The highest BCUT2D eigenvalue weighted by Gasteiger charge is 2.34. The summed E-state index contributed by atoms with van der Waals surface area (Å²) >= 11 is 0. The molecule has 0 bridgehead atoms. The largest absolute Gasteiger partial charge is 0.497 e. The van der Waals surface area contributed by atoms with Gasteiger partial charge in [0.2, 0.25) is 11.8 Å². The second-order valence-electron chi connectivity index (χ2n) is 11.0. The molecule has 1 saturated carbocycles. The van der Waals surface area contributed by atoms with Crippen LogP contribution in [0.1, 0.15) is 43.7 Å². The van der Waals surface area contributed by atoms with Crippen molar-refractivity contribution < 1.29 is 32.4 Å². The molecule has 1 aliphatic carbocycles. The Morgan fingerprint density at radius 3 is 2.11 bits per heavy atom. The third-order valence-electron chi connectivity index (χ3n) is 7.99. The highest BCUT2D eigenvalue weighted by Crippen LogP contribution is 2.30. The first kappa shape index (κ1) is 33.2. The summed E-state index contributed by atoms with van der Waals surface area (Å²) in [5, 5.41) is 14.7. The van der Waals surface area contributed by atoms with Gasteiger partial charge in [-0.15, -0.1) is 0 Å². The van der Waals surface area contributed by atoms with E-state index in [-0.39, 0.29) is 34.8 Å². The zero-order valence-electron chi connectivity index (χ0n) is 25.8. The minimum absolute atomic E-state index is 0.0198. The van der Waals surface area contributed by atoms with Crippen molar-refractivity contribution in [2.24, 2.45) is 0 Å². The van der Waals surface area contributed by atoms with Gasteiger partial charge in [-0.3, -0.25) is 24.0 Å². The number of nitro groups is 1. The normalized spacial score (nSPS) is 14.0. The number of aryl methyl sites for hydroxylation is 1. The minimum Gasteiger partial charge on any atom is -0.497 e. The fraction of sp³-hybridized carbons (Fsp3) is 0.375. The summed E-state index contributed by atoms with van der Waals surface area (Å²) in [5.41, 5.74) is 0.770. The number of nitrogens with one attached hydrogen (secondary N) is 1. The van der Waals surface area contributed by atoms with Crippen molar-refractivity contribution in [3.8, 4) is 11.5 Å². The summed E-state index contributed by atoms with van der Waals surface area (Å²) in [6.07, 6.45) is 3.74. The molecule has 13 heteroatoms. The van der Waals surface area contributed by atoms with Gasteiger partial charge in [-0.05, 0) is 74.7 Å². The number of amides is 2. The van der Waals surface area contributed by atoms with Crippen LogP contribution >= 0.6 is 0 Å². The zero-order chi connectivity index (χ0) is 32.7. The summed E-state index contributed by atoms with van der Waals surface area (Å²) < 4.78 is 39.6. The Balaban J connectivity index is 1.73. The Morgan fingerprint density at radius 2 is 1.56 bits per heavy atom. The van der Waals surface area contributed by atoms with Crippen LogP contribution in [-0.4, -0.2) is 62.9 Å². The van der Waals surface area contributed by atoms with Crippen LogP contribution < -0.4 is 19.1 Å². The van der Waals surface area contributed by atoms with Gasteiger partial charge in [-0.25, -0.2) is 8.42 Å². The molecule has 0 aliphatic heterocycles. The number of sulfonamides is 1. The van der Waals surface area contributed by atoms with Gasteiger partial charge in [0.1, 0.15) is 24.1 Å². The third-order valence-corrected chi connectivity index (χ3v) is 9.76. The number of anilines is 1. The number of hydrogen-bond donors (Lipinski definition) is 1. The Kier molecular flexibility index (Phi) is 10.7. The van der Waals surface area contributed by atoms with Crippen molar-refractivity contribution in [2.45, 2.75) is 63.1 Å². The van der Waals surface area contributed by atoms with E-state index >= 15 is 0 Å². The van der Waals surface area contributed by atoms with E-state index in [2.05, 4.69) is 5.32 Å². The monoisotopic (exact) mass is 638 g/mol. The van der Waals surface area contributed by atoms with E-state index in [1.165, 1.54) is 50.3 Å². The lowest BCUT2D eigenvalue weighted by atomic mass is 10.1. The van der Waals surface area contributed by atoms with Gasteiger partial charge in [0.15, 0.2) is 0 Å². The standard InChI is InChI=1S/C32H38N4O8S/c1-22-9-18-29(19-30(22)36(39)40)45(41,42)35(26-12-16-28(44-4)17-13-26)21-31(37)34(20-24-10-14-27(43-3)15-11-24)23(2)32(38)33-25-7-5-6-8-25/h9-19,23,25H,5-8,20-21H2,1-4H3,(H,33,38)/t23-/m1/s1. The highest BCUT2D eigenvalue weighted by molar-refractivity contribution is 7.92. The van der Waals surface area contributed by atoms with E-state index in [1.807, 2.05) is 0 Å². The third kappa shape index (κ3) is 7.90. The molecule has 4 rings (SSSR count). The van der Waals surface area contributed by atoms with E-state index in [9.17, 15) is 28.1 Å². The molecule has 45 heavy (non-hydrogen) atoms. The van der Waals surface area contributed by atoms with Gasteiger partial charge >= 0.3 is 0 Å². The van der Waals surface area contributed by atoms with Crippen LogP contribution in [-0.2, 0) is 26.2 Å². The molecule has 0 heterocycles. The van der Waals surface area contributed by atoms with Crippen LogP contribution in [0, 0.1) is 17.0 Å². The van der Waals surface area contributed by atoms with Crippen molar-refractivity contribution in [2.75, 3.05) is 25.1 Å². The summed E-state index contributed by atoms with van der Waals surface area (Å²) in [5.74, 6) is 0.108. The maximum absolute atomic E-state index is 14.2. The summed E-state index contributed by atoms with van der Waals surface area (Å²) in [7, 11) is -1.49. The van der Waals surface area contributed by atoms with E-state index in [0.29, 0.717) is 22.6 Å². The van der Waals surface area contributed by atoms with Crippen molar-refractivity contribution in [1.29, 1.82) is 0 Å². The topological polar surface area (TPSA) is 148 Å². The molecular weight excluding hydrogens is 600 g/mol. The number of carbonyl (C=O) groups is 2. The molecule has 0 saturated heterocycles. The van der Waals surface area contributed by atoms with Crippen molar-refractivity contribution >= 4 is 33.2 Å². The maximum atomic E-state index is 14.2. The summed E-state index contributed by atoms with van der Waals surface area (Å²) in [6.45, 7) is 2.47. The first-order valence-corrected chi connectivity index (χ1v) is 16.0. The lowest BCUT2D eigenvalue weighted by Crippen LogP contribution is -2.52. The van der Waals surface area contributed by atoms with Crippen LogP contribution in [0.4, 0.5) is 11.4 Å². The smallest absolute Gasteiger partial charge is 0.273 e. The molecule has 0 radical (unpaired) electrons. The van der Waals surface area contributed by atoms with E-state index in [1.54, 1.807) is 43.3 Å². The molecule has 3 aromatic rings. The number of ether oxygens (including phenoxy) is 2. The fourth-order valence-corrected chi connectivity index (χ4v) is 6.69. The predicted octanol–water partition coefficient (Wildman–Crippen LogP) is 4.59. The van der Waals surface area contributed by atoms with Gasteiger partial charge in [-0.2, -0.15) is 0 Å². The van der Waals surface area contributed by atoms with E-state index in [0.717, 1.165) is 36.1 Å². The molecule has 0 unspecified atom stereocenters. The second kappa shape index (κ2) is 14.4. The molecule has 1 fully saturated rings. The van der Waals surface area contributed by atoms with Gasteiger partial charge in [0.25, 0.3) is 15.7 Å². The van der Waals surface area contributed by atoms with Crippen molar-refractivity contribution in [3.05, 3.63) is 88.0 Å². The Hall–Kier alpha value is -4.65. The lowest BCUT2D eigenvalue weighted by Gasteiger charge is -2.32. The quantitative estimate of drug-likeness (QED) is 0.211. The molecule has 1 atom stereocenters. The number of hydrogen-bond acceptors (Lipinski definition) is 8. The molecule has 3 aromatic carbocycles. The van der Waals surface area contributed by atoms with E-state index < -0.39 is 33.4 Å². The number of carbonyl (C=O) groups excluding carboxylic acids is 2. The number of rotatable bonds is 13. The van der Waals surface area contributed by atoms with Gasteiger partial charge in [0.05, 0.1) is 29.7 Å². The number of methoxy groups -OCH3 is 2. The average Bonchev–Trinajstić information content (AvgIpc) is 3.55. The predicted molar refractivity (Wildman–Crippen MR) is 169 cm³/mol. The van der Waals surface area contributed by atoms with Crippen LogP contribution in [0.3, 0.4) is 0 Å². The fourth-order valence-electron chi connectivity index (χ4n) is 5.25. The van der Waals surface area contributed by atoms with Gasteiger partial charge in [-0.1, -0.05) is 31.0 Å². The van der Waals surface area contributed by atoms with E-state index in [4.69, 9.17) is 9.47 Å². The molecular formula is C32H38N4O8S. The number of benzene rings is 3. The van der Waals surface area contributed by atoms with Crippen LogP contribution in [0.15, 0.2) is 71.6 Å². The first-order valence-electron chi connectivity index (χ1n) is 14.6. The van der Waals surface area contributed by atoms with Crippen LogP contribution in [0.25, 0.3) is 0 Å². The SMILES string of the molecule is COc1ccc(CN(C(=O)CN(c2ccc(OC)cc2)S(=O)(=O)c2ccc(C)c([N+](=O)[O-])c2)[C@H](C)C(=O)NC2CCCC2)cc1. The Labute approximate surface area is 263 Å². The molecule has 0 spiro atoms. The molecule has 1 aliphatic rings. The van der Waals surface area contributed by atoms with Crippen LogP contribution in [0.2, 0.25) is 0 Å². The van der Waals surface area contributed by atoms with Gasteiger partial charge < -0.3 is 19.7 Å². The summed E-state index contributed by atoms with van der Waals surface area (Å²) in [4.78, 5) is 39.5. The maximum Gasteiger partial charge on any atom is 0.273 e. The first-order chi connectivity index (χ1) is 21.4.